The third-order valence-electron chi connectivity index (χ3n) is 5.13. The van der Waals surface area contributed by atoms with Gasteiger partial charge in [0.1, 0.15) is 5.54 Å². The molecule has 2 spiro atoms. The van der Waals surface area contributed by atoms with Crippen molar-refractivity contribution in [2.24, 2.45) is 5.41 Å². The van der Waals surface area contributed by atoms with Crippen molar-refractivity contribution in [3.8, 4) is 0 Å². The Bertz CT molecular complexity index is 646. The van der Waals surface area contributed by atoms with Crippen molar-refractivity contribution in [3.63, 3.8) is 0 Å². The van der Waals surface area contributed by atoms with Gasteiger partial charge in [-0.1, -0.05) is 23.7 Å². The molecule has 3 aliphatic rings. The van der Waals surface area contributed by atoms with Gasteiger partial charge < -0.3 is 9.47 Å². The minimum Gasteiger partial charge on any atom is -0.465 e. The van der Waals surface area contributed by atoms with Gasteiger partial charge in [-0.05, 0) is 30.5 Å². The average molecular weight is 322 g/mol. The van der Waals surface area contributed by atoms with Gasteiger partial charge in [-0.2, -0.15) is 0 Å². The highest BCUT2D eigenvalue weighted by molar-refractivity contribution is 6.30. The first-order valence-electron chi connectivity index (χ1n) is 7.43. The molecule has 0 aromatic heterocycles. The van der Waals surface area contributed by atoms with Gasteiger partial charge in [0, 0.05) is 17.5 Å². The second kappa shape index (κ2) is 4.70. The quantitative estimate of drug-likeness (QED) is 0.801. The molecule has 1 aromatic rings. The summed E-state index contributed by atoms with van der Waals surface area (Å²) >= 11 is 5.96. The van der Waals surface area contributed by atoms with Crippen molar-refractivity contribution in [2.75, 3.05) is 13.2 Å². The molecule has 0 saturated carbocycles. The maximum atomic E-state index is 12.5. The predicted octanol–water partition coefficient (Wildman–Crippen LogP) is 1.99. The number of carbonyl (C=O) groups is 2. The van der Waals surface area contributed by atoms with Crippen LogP contribution in [0.4, 0.5) is 0 Å². The molecule has 1 aromatic carbocycles. The van der Waals surface area contributed by atoms with Crippen LogP contribution < -0.4 is 5.32 Å². The van der Waals surface area contributed by atoms with E-state index in [1.165, 1.54) is 0 Å². The van der Waals surface area contributed by atoms with Gasteiger partial charge in [0.05, 0.1) is 18.6 Å². The number of halogens is 1. The summed E-state index contributed by atoms with van der Waals surface area (Å²) in [4.78, 5) is 24.7. The first-order chi connectivity index (χ1) is 10.6. The number of benzene rings is 1. The lowest BCUT2D eigenvalue weighted by molar-refractivity contribution is -0.147. The van der Waals surface area contributed by atoms with Crippen molar-refractivity contribution < 1.29 is 19.1 Å². The smallest absolute Gasteiger partial charge is 0.326 e. The van der Waals surface area contributed by atoms with Gasteiger partial charge in [-0.15, -0.1) is 0 Å². The van der Waals surface area contributed by atoms with E-state index in [9.17, 15) is 9.59 Å². The third-order valence-corrected chi connectivity index (χ3v) is 5.39. The maximum Gasteiger partial charge on any atom is 0.326 e. The van der Waals surface area contributed by atoms with Crippen LogP contribution in [0.2, 0.25) is 5.02 Å². The summed E-state index contributed by atoms with van der Waals surface area (Å²) in [6, 6.07) is 7.12. The lowest BCUT2D eigenvalue weighted by Crippen LogP contribution is -2.44. The summed E-state index contributed by atoms with van der Waals surface area (Å²) in [6.45, 7) is 0.792. The van der Waals surface area contributed by atoms with Gasteiger partial charge >= 0.3 is 11.9 Å². The maximum absolute atomic E-state index is 12.5. The van der Waals surface area contributed by atoms with E-state index in [1.54, 1.807) is 12.1 Å². The van der Waals surface area contributed by atoms with Crippen LogP contribution in [-0.4, -0.2) is 30.7 Å². The van der Waals surface area contributed by atoms with Crippen LogP contribution in [0, 0.1) is 5.41 Å². The fraction of sp³-hybridized carbons (Fsp3) is 0.500. The van der Waals surface area contributed by atoms with E-state index in [-0.39, 0.29) is 18.0 Å². The summed E-state index contributed by atoms with van der Waals surface area (Å²) < 4.78 is 10.4. The Labute approximate surface area is 132 Å². The molecule has 3 fully saturated rings. The van der Waals surface area contributed by atoms with Crippen LogP contribution in [-0.2, 0) is 19.1 Å². The molecule has 4 rings (SSSR count). The predicted molar refractivity (Wildman–Crippen MR) is 78.3 cm³/mol. The Kier molecular flexibility index (Phi) is 3.00. The van der Waals surface area contributed by atoms with Crippen LogP contribution in [0.25, 0.3) is 0 Å². The number of esters is 2. The standard InChI is InChI=1S/C16H16ClNO4/c17-11-3-1-10(2-4-11)12-15(5-7-21-13(15)19)9-16(18-12)6-8-22-14(16)20/h1-4,12,18H,5-9H2/t12-,15+,16-/m1/s1. The van der Waals surface area contributed by atoms with E-state index < -0.39 is 11.0 Å². The monoisotopic (exact) mass is 321 g/mol. The Morgan fingerprint density at radius 3 is 2.32 bits per heavy atom. The molecule has 22 heavy (non-hydrogen) atoms. The third kappa shape index (κ3) is 1.82. The molecule has 3 saturated heterocycles. The summed E-state index contributed by atoms with van der Waals surface area (Å²) in [6.07, 6.45) is 1.64. The Balaban J connectivity index is 1.78. The number of rotatable bonds is 1. The Morgan fingerprint density at radius 1 is 1.05 bits per heavy atom. The summed E-state index contributed by atoms with van der Waals surface area (Å²) in [5.74, 6) is -0.487. The first kappa shape index (κ1) is 14.0. The minimum absolute atomic E-state index is 0.225. The van der Waals surface area contributed by atoms with Gasteiger partial charge in [-0.25, -0.2) is 0 Å². The van der Waals surface area contributed by atoms with E-state index >= 15 is 0 Å². The van der Waals surface area contributed by atoms with E-state index in [0.29, 0.717) is 37.5 Å². The molecule has 0 unspecified atom stereocenters. The zero-order valence-electron chi connectivity index (χ0n) is 11.9. The van der Waals surface area contributed by atoms with Crippen LogP contribution in [0.3, 0.4) is 0 Å². The van der Waals surface area contributed by atoms with Crippen LogP contribution in [0.1, 0.15) is 30.9 Å². The highest BCUT2D eigenvalue weighted by Crippen LogP contribution is 2.55. The van der Waals surface area contributed by atoms with E-state index in [4.69, 9.17) is 21.1 Å². The van der Waals surface area contributed by atoms with E-state index in [2.05, 4.69) is 5.32 Å². The molecular formula is C16H16ClNO4. The summed E-state index contributed by atoms with van der Waals surface area (Å²) in [5.41, 5.74) is -0.523. The fourth-order valence-electron chi connectivity index (χ4n) is 4.01. The molecule has 1 N–H and O–H groups in total. The van der Waals surface area contributed by atoms with E-state index in [1.807, 2.05) is 12.1 Å². The van der Waals surface area contributed by atoms with Gasteiger partial charge in [0.25, 0.3) is 0 Å². The zero-order chi connectivity index (χ0) is 15.4. The van der Waals surface area contributed by atoms with Crippen LogP contribution >= 0.6 is 11.6 Å². The number of cyclic esters (lactones) is 2. The molecular weight excluding hydrogens is 306 g/mol. The summed E-state index contributed by atoms with van der Waals surface area (Å²) in [5, 5.41) is 4.04. The minimum atomic E-state index is -0.770. The van der Waals surface area contributed by atoms with Gasteiger partial charge in [0.15, 0.2) is 0 Å². The molecule has 3 atom stereocenters. The van der Waals surface area contributed by atoms with Crippen molar-refractivity contribution >= 4 is 23.5 Å². The van der Waals surface area contributed by atoms with Crippen molar-refractivity contribution in [3.05, 3.63) is 34.9 Å². The second-order valence-electron chi connectivity index (χ2n) is 6.32. The molecule has 5 nitrogen and oxygen atoms in total. The molecule has 0 aliphatic carbocycles. The average Bonchev–Trinajstić information content (AvgIpc) is 3.14. The van der Waals surface area contributed by atoms with E-state index in [0.717, 1.165) is 5.56 Å². The van der Waals surface area contributed by atoms with Gasteiger partial charge in [-0.3, -0.25) is 14.9 Å². The largest absolute Gasteiger partial charge is 0.465 e. The lowest BCUT2D eigenvalue weighted by atomic mass is 9.73. The highest BCUT2D eigenvalue weighted by Gasteiger charge is 2.65. The fourth-order valence-corrected chi connectivity index (χ4v) is 4.13. The summed E-state index contributed by atoms with van der Waals surface area (Å²) in [7, 11) is 0. The second-order valence-corrected chi connectivity index (χ2v) is 6.75. The van der Waals surface area contributed by atoms with Crippen LogP contribution in [0.5, 0.6) is 0 Å². The number of nitrogens with one attached hydrogen (secondary N) is 1. The van der Waals surface area contributed by atoms with Gasteiger partial charge in [0.2, 0.25) is 0 Å². The van der Waals surface area contributed by atoms with Crippen molar-refractivity contribution in [2.45, 2.75) is 30.8 Å². The molecule has 116 valence electrons. The van der Waals surface area contributed by atoms with Crippen molar-refractivity contribution in [1.82, 2.24) is 5.32 Å². The zero-order valence-corrected chi connectivity index (χ0v) is 12.7. The number of carbonyl (C=O) groups excluding carboxylic acids is 2. The number of hydrogen-bond acceptors (Lipinski definition) is 5. The molecule has 3 aliphatic heterocycles. The molecule has 0 amide bonds. The highest BCUT2D eigenvalue weighted by atomic mass is 35.5. The molecule has 0 bridgehead atoms. The molecule has 6 heteroatoms. The molecule has 3 heterocycles. The Morgan fingerprint density at radius 2 is 1.73 bits per heavy atom. The molecule has 0 radical (unpaired) electrons. The number of hydrogen-bond donors (Lipinski definition) is 1. The van der Waals surface area contributed by atoms with Crippen molar-refractivity contribution in [1.29, 1.82) is 0 Å². The number of ether oxygens (including phenoxy) is 2. The Hall–Kier alpha value is -1.59. The van der Waals surface area contributed by atoms with Crippen LogP contribution in [0.15, 0.2) is 24.3 Å². The first-order valence-corrected chi connectivity index (χ1v) is 7.81. The normalized spacial score (nSPS) is 37.0. The SMILES string of the molecule is O=C1OCC[C@@]12C[C@@]1(CCOC1=O)[C@@H](c1ccc(Cl)cc1)N2. The lowest BCUT2D eigenvalue weighted by Gasteiger charge is -2.26. The topological polar surface area (TPSA) is 64.6 Å².